The minimum absolute atomic E-state index is 0.195. The average Bonchev–Trinajstić information content (AvgIpc) is 3.23. The molecule has 2 aromatic carbocycles. The van der Waals surface area contributed by atoms with Crippen molar-refractivity contribution in [1.82, 2.24) is 14.8 Å². The molecule has 0 atom stereocenters. The summed E-state index contributed by atoms with van der Waals surface area (Å²) in [5.74, 6) is -1.88. The molecule has 2 heterocycles. The number of carboxylic acid groups (broad SMARTS) is 1. The second-order valence-corrected chi connectivity index (χ2v) is 9.24. The van der Waals surface area contributed by atoms with Gasteiger partial charge in [-0.25, -0.2) is 0 Å². The molecule has 0 spiro atoms. The van der Waals surface area contributed by atoms with Crippen molar-refractivity contribution >= 4 is 58.0 Å². The van der Waals surface area contributed by atoms with E-state index in [1.807, 2.05) is 36.0 Å². The van der Waals surface area contributed by atoms with Crippen molar-refractivity contribution in [2.24, 2.45) is 13.0 Å². The third-order valence-electron chi connectivity index (χ3n) is 6.24. The van der Waals surface area contributed by atoms with Gasteiger partial charge in [-0.2, -0.15) is 0 Å². The molecule has 2 amide bonds. The van der Waals surface area contributed by atoms with Gasteiger partial charge in [-0.1, -0.05) is 29.3 Å². The van der Waals surface area contributed by atoms with Gasteiger partial charge in [-0.05, 0) is 54.3 Å². The van der Waals surface area contributed by atoms with Gasteiger partial charge >= 0.3 is 5.97 Å². The fraction of sp³-hybridized carbons (Fsp3) is 0.269. The van der Waals surface area contributed by atoms with Crippen molar-refractivity contribution in [2.75, 3.05) is 19.6 Å². The number of benzene rings is 2. The summed E-state index contributed by atoms with van der Waals surface area (Å²) in [6.07, 6.45) is 6.07. The largest absolute Gasteiger partial charge is 0.480 e. The normalized spacial score (nSPS) is 14.5. The Balaban J connectivity index is 1.50. The van der Waals surface area contributed by atoms with Crippen LogP contribution >= 0.6 is 23.2 Å². The maximum absolute atomic E-state index is 12.9. The Labute approximate surface area is 212 Å². The number of fused-ring (bicyclic) bond motifs is 1. The lowest BCUT2D eigenvalue weighted by Crippen LogP contribution is -2.43. The van der Waals surface area contributed by atoms with Gasteiger partial charge < -0.3 is 19.9 Å². The Kier molecular flexibility index (Phi) is 7.48. The summed E-state index contributed by atoms with van der Waals surface area (Å²) in [5, 5.41) is 12.8. The molecular formula is C26H24Cl2N3O4. The number of aryl methyl sites for hydroxylation is 1. The van der Waals surface area contributed by atoms with Crippen LogP contribution in [0.2, 0.25) is 10.0 Å². The van der Waals surface area contributed by atoms with E-state index in [-0.39, 0.29) is 22.8 Å². The van der Waals surface area contributed by atoms with Crippen LogP contribution in [0, 0.1) is 12.0 Å². The van der Waals surface area contributed by atoms with Crippen molar-refractivity contribution < 1.29 is 19.5 Å². The van der Waals surface area contributed by atoms with Crippen LogP contribution in [0.4, 0.5) is 0 Å². The number of carboxylic acids is 1. The Morgan fingerprint density at radius 1 is 1.20 bits per heavy atom. The highest BCUT2D eigenvalue weighted by Gasteiger charge is 2.26. The number of nitrogens with one attached hydrogen (secondary N) is 1. The number of aliphatic carboxylic acids is 1. The summed E-state index contributed by atoms with van der Waals surface area (Å²) in [6.45, 7) is 0.407. The van der Waals surface area contributed by atoms with Gasteiger partial charge in [-0.3, -0.25) is 14.4 Å². The Morgan fingerprint density at radius 3 is 2.66 bits per heavy atom. The SMILES string of the molecule is Cn1ccc2cc(-c3c[c]c(Cl)c(Cl)c3/C=C/C(=O)N3CCC(C(=O)NCC(=O)O)CC3)ccc21. The summed E-state index contributed by atoms with van der Waals surface area (Å²) in [4.78, 5) is 37.3. The Hall–Kier alpha value is -3.29. The number of carbonyl (C=O) groups excluding carboxylic acids is 2. The topological polar surface area (TPSA) is 91.6 Å². The van der Waals surface area contributed by atoms with E-state index in [2.05, 4.69) is 17.4 Å². The molecule has 9 heteroatoms. The molecule has 0 unspecified atom stereocenters. The first-order chi connectivity index (χ1) is 16.7. The number of hydrogen-bond donors (Lipinski definition) is 2. The van der Waals surface area contributed by atoms with Gasteiger partial charge in [-0.15, -0.1) is 0 Å². The van der Waals surface area contributed by atoms with E-state index in [4.69, 9.17) is 28.3 Å². The molecule has 3 aromatic rings. The molecule has 7 nitrogen and oxygen atoms in total. The molecule has 1 saturated heterocycles. The summed E-state index contributed by atoms with van der Waals surface area (Å²) >= 11 is 12.7. The number of likely N-dealkylation sites (tertiary alicyclic amines) is 1. The quantitative estimate of drug-likeness (QED) is 0.478. The van der Waals surface area contributed by atoms with Crippen LogP contribution in [0.1, 0.15) is 18.4 Å². The molecule has 0 bridgehead atoms. The number of amides is 2. The lowest BCUT2D eigenvalue weighted by Gasteiger charge is -2.30. The van der Waals surface area contributed by atoms with Crippen LogP contribution in [-0.4, -0.2) is 52.0 Å². The second-order valence-electron chi connectivity index (χ2n) is 8.49. The van der Waals surface area contributed by atoms with E-state index >= 15 is 0 Å². The zero-order valence-electron chi connectivity index (χ0n) is 19.1. The smallest absolute Gasteiger partial charge is 0.322 e. The van der Waals surface area contributed by atoms with Crippen molar-refractivity contribution in [1.29, 1.82) is 0 Å². The molecular weight excluding hydrogens is 489 g/mol. The molecule has 1 fully saturated rings. The van der Waals surface area contributed by atoms with Crippen molar-refractivity contribution in [3.05, 3.63) is 64.3 Å². The number of piperidine rings is 1. The molecule has 35 heavy (non-hydrogen) atoms. The molecule has 1 aliphatic heterocycles. The zero-order chi connectivity index (χ0) is 25.1. The molecule has 4 rings (SSSR count). The highest BCUT2D eigenvalue weighted by atomic mass is 35.5. The van der Waals surface area contributed by atoms with Crippen LogP contribution in [0.25, 0.3) is 28.1 Å². The van der Waals surface area contributed by atoms with Crippen molar-refractivity contribution in [3.63, 3.8) is 0 Å². The number of carbonyl (C=O) groups is 3. The fourth-order valence-corrected chi connectivity index (χ4v) is 4.67. The maximum Gasteiger partial charge on any atom is 0.322 e. The first-order valence-corrected chi connectivity index (χ1v) is 11.9. The second kappa shape index (κ2) is 10.5. The minimum atomic E-state index is -1.09. The van der Waals surface area contributed by atoms with E-state index in [0.29, 0.717) is 36.5 Å². The van der Waals surface area contributed by atoms with Crippen LogP contribution in [-0.2, 0) is 21.4 Å². The van der Waals surface area contributed by atoms with E-state index in [1.54, 1.807) is 17.0 Å². The standard InChI is InChI=1S/C26H24Cl2N3O4/c1-30-11-8-18-14-17(2-6-22(18)30)19-3-5-21(27)25(28)20(19)4-7-23(32)31-12-9-16(10-13-31)26(35)29-15-24(33)34/h2-4,6-8,11,14,16H,9-10,12-13,15H2,1H3,(H,29,35)(H,33,34)/b7-4+. The Bertz CT molecular complexity index is 1320. The van der Waals surface area contributed by atoms with Crippen molar-refractivity contribution in [3.8, 4) is 11.1 Å². The van der Waals surface area contributed by atoms with Gasteiger partial charge in [0, 0.05) is 60.9 Å². The van der Waals surface area contributed by atoms with Crippen LogP contribution in [0.15, 0.2) is 42.6 Å². The predicted molar refractivity (Wildman–Crippen MR) is 136 cm³/mol. The number of halogens is 2. The summed E-state index contributed by atoms with van der Waals surface area (Å²) in [7, 11) is 1.99. The molecule has 2 N–H and O–H groups in total. The molecule has 0 saturated carbocycles. The summed E-state index contributed by atoms with van der Waals surface area (Å²) in [6, 6.07) is 12.9. The van der Waals surface area contributed by atoms with E-state index in [0.717, 1.165) is 22.0 Å². The lowest BCUT2D eigenvalue weighted by atomic mass is 9.95. The van der Waals surface area contributed by atoms with E-state index in [1.165, 1.54) is 6.08 Å². The number of nitrogens with zero attached hydrogens (tertiary/aromatic N) is 2. The number of aromatic nitrogens is 1. The first-order valence-electron chi connectivity index (χ1n) is 11.2. The van der Waals surface area contributed by atoms with E-state index < -0.39 is 12.5 Å². The van der Waals surface area contributed by atoms with Gasteiger partial charge in [0.05, 0.1) is 10.0 Å². The lowest BCUT2D eigenvalue weighted by molar-refractivity contribution is -0.139. The molecule has 1 aliphatic rings. The van der Waals surface area contributed by atoms with Gasteiger partial charge in [0.2, 0.25) is 11.8 Å². The molecule has 1 aromatic heterocycles. The van der Waals surface area contributed by atoms with Gasteiger partial charge in [0.1, 0.15) is 6.54 Å². The van der Waals surface area contributed by atoms with Crippen LogP contribution < -0.4 is 5.32 Å². The maximum atomic E-state index is 12.9. The monoisotopic (exact) mass is 512 g/mol. The number of hydrogen-bond acceptors (Lipinski definition) is 3. The highest BCUT2D eigenvalue weighted by molar-refractivity contribution is 6.43. The summed E-state index contributed by atoms with van der Waals surface area (Å²) in [5.41, 5.74) is 3.47. The highest BCUT2D eigenvalue weighted by Crippen LogP contribution is 2.36. The summed E-state index contributed by atoms with van der Waals surface area (Å²) < 4.78 is 2.04. The molecule has 181 valence electrons. The van der Waals surface area contributed by atoms with E-state index in [9.17, 15) is 14.4 Å². The van der Waals surface area contributed by atoms with Gasteiger partial charge in [0.25, 0.3) is 0 Å². The third-order valence-corrected chi connectivity index (χ3v) is 7.03. The van der Waals surface area contributed by atoms with Crippen molar-refractivity contribution in [2.45, 2.75) is 12.8 Å². The predicted octanol–water partition coefficient (Wildman–Crippen LogP) is 4.40. The van der Waals surface area contributed by atoms with Gasteiger partial charge in [0.15, 0.2) is 0 Å². The molecule has 1 radical (unpaired) electrons. The van der Waals surface area contributed by atoms with Crippen LogP contribution in [0.3, 0.4) is 0 Å². The third kappa shape index (κ3) is 5.52. The van der Waals surface area contributed by atoms with Crippen LogP contribution in [0.5, 0.6) is 0 Å². The fourth-order valence-electron chi connectivity index (χ4n) is 4.29. The first kappa shape index (κ1) is 24.8. The molecule has 0 aliphatic carbocycles. The zero-order valence-corrected chi connectivity index (χ0v) is 20.6. The minimum Gasteiger partial charge on any atom is -0.480 e. The number of rotatable bonds is 6. The Morgan fingerprint density at radius 2 is 1.94 bits per heavy atom. The average molecular weight is 513 g/mol.